The number of nitrogens with one attached hydrogen (secondary N) is 2. The van der Waals surface area contributed by atoms with Gasteiger partial charge in [-0.25, -0.2) is 4.79 Å². The molecule has 0 unspecified atom stereocenters. The van der Waals surface area contributed by atoms with Gasteiger partial charge in [0.25, 0.3) is 0 Å². The topological polar surface area (TPSA) is 95.5 Å². The molecule has 1 aromatic rings. The summed E-state index contributed by atoms with van der Waals surface area (Å²) in [5, 5.41) is 14.5. The monoisotopic (exact) mass is 332 g/mol. The number of rotatable bonds is 9. The summed E-state index contributed by atoms with van der Waals surface area (Å²) in [5.41, 5.74) is 0.991. The van der Waals surface area contributed by atoms with Gasteiger partial charge < -0.3 is 15.7 Å². The lowest BCUT2D eigenvalue weighted by Gasteiger charge is -2.15. The Bertz CT molecular complexity index is 584. The van der Waals surface area contributed by atoms with Gasteiger partial charge in [-0.1, -0.05) is 43.2 Å². The summed E-state index contributed by atoms with van der Waals surface area (Å²) in [4.78, 5) is 34.9. The molecule has 3 N–H and O–H groups in total. The molecule has 0 bridgehead atoms. The number of hydrogen-bond donors (Lipinski definition) is 3. The van der Waals surface area contributed by atoms with Crippen molar-refractivity contribution < 1.29 is 19.5 Å². The van der Waals surface area contributed by atoms with Crippen molar-refractivity contribution in [2.24, 2.45) is 5.92 Å². The van der Waals surface area contributed by atoms with Crippen LogP contribution in [0.3, 0.4) is 0 Å². The third-order valence-electron chi connectivity index (χ3n) is 4.16. The smallest absolute Gasteiger partial charge is 0.326 e. The third-order valence-corrected chi connectivity index (χ3v) is 4.16. The van der Waals surface area contributed by atoms with Gasteiger partial charge in [0.1, 0.15) is 6.04 Å². The van der Waals surface area contributed by atoms with Crippen LogP contribution in [0.15, 0.2) is 30.3 Å². The number of hydrogen-bond acceptors (Lipinski definition) is 3. The van der Waals surface area contributed by atoms with Crippen LogP contribution in [0.25, 0.3) is 0 Å². The van der Waals surface area contributed by atoms with Crippen LogP contribution in [0.1, 0.15) is 50.6 Å². The number of aliphatic carboxylic acids is 1. The summed E-state index contributed by atoms with van der Waals surface area (Å²) in [6.45, 7) is 1.88. The highest BCUT2D eigenvalue weighted by Crippen LogP contribution is 2.33. The van der Waals surface area contributed by atoms with Gasteiger partial charge in [-0.15, -0.1) is 0 Å². The van der Waals surface area contributed by atoms with Gasteiger partial charge in [-0.05, 0) is 24.8 Å². The molecule has 24 heavy (non-hydrogen) atoms. The molecule has 0 aliphatic heterocycles. The fourth-order valence-corrected chi connectivity index (χ4v) is 2.54. The van der Waals surface area contributed by atoms with Gasteiger partial charge in [0, 0.05) is 12.8 Å². The van der Waals surface area contributed by atoms with Crippen molar-refractivity contribution in [1.82, 2.24) is 10.6 Å². The summed E-state index contributed by atoms with van der Waals surface area (Å²) in [5.74, 6) is -1.24. The van der Waals surface area contributed by atoms with Crippen LogP contribution < -0.4 is 10.6 Å². The minimum Gasteiger partial charge on any atom is -0.480 e. The SMILES string of the molecule is C[C@@H](NC(=O)CCC(=O)N[C@H](CC1CC1)C(=O)O)c1ccccc1. The second kappa shape index (κ2) is 8.47. The molecule has 2 amide bonds. The summed E-state index contributed by atoms with van der Waals surface area (Å²) >= 11 is 0. The minimum atomic E-state index is -1.02. The zero-order valence-electron chi connectivity index (χ0n) is 13.8. The molecule has 2 rings (SSSR count). The highest BCUT2D eigenvalue weighted by molar-refractivity contribution is 5.87. The van der Waals surface area contributed by atoms with E-state index in [0.717, 1.165) is 18.4 Å². The first-order valence-electron chi connectivity index (χ1n) is 8.32. The van der Waals surface area contributed by atoms with E-state index in [1.54, 1.807) is 0 Å². The quantitative estimate of drug-likeness (QED) is 0.644. The Kier molecular flexibility index (Phi) is 6.35. The van der Waals surface area contributed by atoms with Crippen molar-refractivity contribution in [3.05, 3.63) is 35.9 Å². The van der Waals surface area contributed by atoms with E-state index in [1.165, 1.54) is 0 Å². The van der Waals surface area contributed by atoms with E-state index in [-0.39, 0.29) is 24.8 Å². The molecule has 0 spiro atoms. The summed E-state index contributed by atoms with van der Waals surface area (Å²) in [6, 6.07) is 8.57. The van der Waals surface area contributed by atoms with Crippen LogP contribution in [0.2, 0.25) is 0 Å². The van der Waals surface area contributed by atoms with E-state index >= 15 is 0 Å². The molecule has 1 aliphatic rings. The number of carboxylic acids is 1. The molecule has 0 heterocycles. The van der Waals surface area contributed by atoms with Gasteiger partial charge in [0.15, 0.2) is 0 Å². The maximum Gasteiger partial charge on any atom is 0.326 e. The van der Waals surface area contributed by atoms with Crippen LogP contribution >= 0.6 is 0 Å². The van der Waals surface area contributed by atoms with Gasteiger partial charge in [0.2, 0.25) is 11.8 Å². The summed E-state index contributed by atoms with van der Waals surface area (Å²) < 4.78 is 0. The van der Waals surface area contributed by atoms with E-state index in [4.69, 9.17) is 5.11 Å². The average molecular weight is 332 g/mol. The summed E-state index contributed by atoms with van der Waals surface area (Å²) in [7, 11) is 0. The lowest BCUT2D eigenvalue weighted by Crippen LogP contribution is -2.41. The number of carboxylic acid groups (broad SMARTS) is 1. The molecule has 2 atom stereocenters. The number of benzene rings is 1. The van der Waals surface area contributed by atoms with Crippen LogP contribution in [0, 0.1) is 5.92 Å². The van der Waals surface area contributed by atoms with Gasteiger partial charge in [-0.2, -0.15) is 0 Å². The predicted molar refractivity (Wildman–Crippen MR) is 89.1 cm³/mol. The second-order valence-corrected chi connectivity index (χ2v) is 6.34. The highest BCUT2D eigenvalue weighted by atomic mass is 16.4. The Morgan fingerprint density at radius 2 is 1.67 bits per heavy atom. The molecule has 1 aromatic carbocycles. The maximum absolute atomic E-state index is 11.9. The van der Waals surface area contributed by atoms with Gasteiger partial charge in [0.05, 0.1) is 6.04 Å². The Balaban J connectivity index is 1.72. The largest absolute Gasteiger partial charge is 0.480 e. The first kappa shape index (κ1) is 18.0. The van der Waals surface area contributed by atoms with Crippen LogP contribution in [-0.2, 0) is 14.4 Å². The Hall–Kier alpha value is -2.37. The normalized spacial score (nSPS) is 16.0. The molecule has 0 aromatic heterocycles. The minimum absolute atomic E-state index is 0.0121. The van der Waals surface area contributed by atoms with Crippen molar-refractivity contribution in [3.63, 3.8) is 0 Å². The lowest BCUT2D eigenvalue weighted by atomic mass is 10.1. The fraction of sp³-hybridized carbons (Fsp3) is 0.500. The maximum atomic E-state index is 11.9. The molecule has 6 heteroatoms. The second-order valence-electron chi connectivity index (χ2n) is 6.34. The van der Waals surface area contributed by atoms with Crippen molar-refractivity contribution in [1.29, 1.82) is 0 Å². The van der Waals surface area contributed by atoms with Crippen molar-refractivity contribution in [3.8, 4) is 0 Å². The molecular formula is C18H24N2O4. The first-order chi connectivity index (χ1) is 11.5. The average Bonchev–Trinajstić information content (AvgIpc) is 3.37. The molecule has 130 valence electrons. The molecule has 1 fully saturated rings. The van der Waals surface area contributed by atoms with Crippen molar-refractivity contribution in [2.45, 2.75) is 51.1 Å². The first-order valence-corrected chi connectivity index (χ1v) is 8.32. The van der Waals surface area contributed by atoms with Crippen LogP contribution in [0.5, 0.6) is 0 Å². The van der Waals surface area contributed by atoms with E-state index in [0.29, 0.717) is 12.3 Å². The molecule has 1 saturated carbocycles. The third kappa shape index (κ3) is 6.02. The van der Waals surface area contributed by atoms with Crippen molar-refractivity contribution in [2.75, 3.05) is 0 Å². The van der Waals surface area contributed by atoms with E-state index in [1.807, 2.05) is 37.3 Å². The lowest BCUT2D eigenvalue weighted by molar-refractivity contribution is -0.142. The van der Waals surface area contributed by atoms with E-state index in [2.05, 4.69) is 10.6 Å². The molecule has 0 radical (unpaired) electrons. The van der Waals surface area contributed by atoms with Crippen molar-refractivity contribution >= 4 is 17.8 Å². The zero-order chi connectivity index (χ0) is 17.5. The van der Waals surface area contributed by atoms with Gasteiger partial charge in [-0.3, -0.25) is 9.59 Å². The number of carbonyl (C=O) groups excluding carboxylic acids is 2. The predicted octanol–water partition coefficient (Wildman–Crippen LogP) is 2.01. The molecule has 0 saturated heterocycles. The Morgan fingerprint density at radius 3 is 2.21 bits per heavy atom. The number of carbonyl (C=O) groups is 3. The summed E-state index contributed by atoms with van der Waals surface area (Å²) in [6.07, 6.45) is 2.55. The molecule has 6 nitrogen and oxygen atoms in total. The van der Waals surface area contributed by atoms with Crippen LogP contribution in [-0.4, -0.2) is 28.9 Å². The Morgan fingerprint density at radius 1 is 1.08 bits per heavy atom. The Labute approximate surface area is 141 Å². The zero-order valence-corrected chi connectivity index (χ0v) is 13.8. The highest BCUT2D eigenvalue weighted by Gasteiger charge is 2.30. The van der Waals surface area contributed by atoms with E-state index < -0.39 is 17.9 Å². The standard InChI is InChI=1S/C18H24N2O4/c1-12(14-5-3-2-4-6-14)19-16(21)9-10-17(22)20-15(18(23)24)11-13-7-8-13/h2-6,12-13,15H,7-11H2,1H3,(H,19,21)(H,20,22)(H,23,24)/t12-,15-/m1/s1. The molecular weight excluding hydrogens is 308 g/mol. The van der Waals surface area contributed by atoms with Crippen LogP contribution in [0.4, 0.5) is 0 Å². The van der Waals surface area contributed by atoms with Gasteiger partial charge >= 0.3 is 5.97 Å². The number of amides is 2. The molecule has 1 aliphatic carbocycles. The fourth-order valence-electron chi connectivity index (χ4n) is 2.54. The van der Waals surface area contributed by atoms with E-state index in [9.17, 15) is 14.4 Å².